The molecule has 4 aromatic carbocycles. The van der Waals surface area contributed by atoms with E-state index in [9.17, 15) is 9.59 Å². The second-order valence-corrected chi connectivity index (χ2v) is 10.0. The molecule has 3 N–H and O–H groups in total. The van der Waals surface area contributed by atoms with E-state index >= 15 is 0 Å². The van der Waals surface area contributed by atoms with Gasteiger partial charge >= 0.3 is 0 Å². The average molecular weight is 550 g/mol. The fourth-order valence-electron chi connectivity index (χ4n) is 5.06. The van der Waals surface area contributed by atoms with Crippen molar-refractivity contribution in [1.29, 1.82) is 0 Å². The van der Waals surface area contributed by atoms with Gasteiger partial charge < -0.3 is 25.1 Å². The van der Waals surface area contributed by atoms with E-state index in [1.807, 2.05) is 42.5 Å². The highest BCUT2D eigenvalue weighted by Gasteiger charge is 2.14. The topological polar surface area (TPSA) is 92.5 Å². The van der Waals surface area contributed by atoms with Crippen LogP contribution in [0.4, 0.5) is 5.69 Å². The van der Waals surface area contributed by atoms with E-state index < -0.39 is 0 Å². The number of methoxy groups -OCH3 is 2. The third-order valence-electron chi connectivity index (χ3n) is 7.30. The van der Waals surface area contributed by atoms with Crippen molar-refractivity contribution in [2.24, 2.45) is 0 Å². The number of unbranched alkanes of at least 4 members (excludes halogenated alkanes) is 1. The largest absolute Gasteiger partial charge is 0.493 e. The number of aromatic amines is 1. The number of amides is 1. The van der Waals surface area contributed by atoms with Crippen molar-refractivity contribution in [2.45, 2.75) is 25.7 Å². The van der Waals surface area contributed by atoms with Gasteiger partial charge in [0.2, 0.25) is 0 Å². The van der Waals surface area contributed by atoms with Crippen LogP contribution < -0.4 is 25.5 Å². The second kappa shape index (κ2) is 13.2. The molecule has 0 atom stereocenters. The number of ether oxygens (including phenoxy) is 2. The van der Waals surface area contributed by atoms with Crippen LogP contribution in [0.15, 0.2) is 89.7 Å². The third kappa shape index (κ3) is 6.58. The first-order chi connectivity index (χ1) is 20.1. The van der Waals surface area contributed by atoms with Gasteiger partial charge in [-0.25, -0.2) is 0 Å². The Bertz CT molecular complexity index is 1710. The number of H-pyrrole nitrogens is 1. The number of aromatic nitrogens is 1. The number of carbonyl (C=O) groups is 1. The summed E-state index contributed by atoms with van der Waals surface area (Å²) >= 11 is 0. The summed E-state index contributed by atoms with van der Waals surface area (Å²) in [7, 11) is 3.30. The molecule has 5 rings (SSSR count). The summed E-state index contributed by atoms with van der Waals surface area (Å²) in [4.78, 5) is 29.4. The molecule has 1 heterocycles. The maximum Gasteiger partial charge on any atom is 0.257 e. The van der Waals surface area contributed by atoms with Gasteiger partial charge in [-0.3, -0.25) is 9.59 Å². The minimum absolute atomic E-state index is 0.0820. The molecular weight excluding hydrogens is 514 g/mol. The summed E-state index contributed by atoms with van der Waals surface area (Å²) in [6.07, 6.45) is 4.06. The summed E-state index contributed by atoms with van der Waals surface area (Å²) in [6, 6.07) is 26.6. The molecule has 5 aromatic rings. The summed E-state index contributed by atoms with van der Waals surface area (Å²) < 4.78 is 10.7. The number of benzene rings is 4. The highest BCUT2D eigenvalue weighted by molar-refractivity contribution is 6.13. The zero-order valence-electron chi connectivity index (χ0n) is 23.5. The van der Waals surface area contributed by atoms with E-state index in [1.165, 1.54) is 11.1 Å². The number of hydrogen-bond acceptors (Lipinski definition) is 5. The lowest BCUT2D eigenvalue weighted by molar-refractivity contribution is 0.102. The number of carbonyl (C=O) groups excluding carboxylic acids is 1. The Balaban J connectivity index is 1.09. The first-order valence-electron chi connectivity index (χ1n) is 13.9. The van der Waals surface area contributed by atoms with Crippen LogP contribution in [0.25, 0.3) is 21.8 Å². The fourth-order valence-corrected chi connectivity index (χ4v) is 5.06. The van der Waals surface area contributed by atoms with E-state index in [0.29, 0.717) is 27.4 Å². The molecular formula is C34H35N3O4. The monoisotopic (exact) mass is 549 g/mol. The number of pyridine rings is 1. The predicted molar refractivity (Wildman–Crippen MR) is 166 cm³/mol. The van der Waals surface area contributed by atoms with E-state index in [0.717, 1.165) is 56.0 Å². The predicted octanol–water partition coefficient (Wildman–Crippen LogP) is 6.11. The van der Waals surface area contributed by atoms with Gasteiger partial charge in [-0.2, -0.15) is 0 Å². The minimum atomic E-state index is -0.256. The van der Waals surface area contributed by atoms with Crippen molar-refractivity contribution in [1.82, 2.24) is 10.3 Å². The van der Waals surface area contributed by atoms with E-state index in [-0.39, 0.29) is 11.3 Å². The molecule has 1 amide bonds. The smallest absolute Gasteiger partial charge is 0.257 e. The van der Waals surface area contributed by atoms with Gasteiger partial charge in [0.25, 0.3) is 5.91 Å². The Morgan fingerprint density at radius 3 is 2.32 bits per heavy atom. The van der Waals surface area contributed by atoms with Crippen molar-refractivity contribution in [2.75, 3.05) is 32.6 Å². The molecule has 0 saturated carbocycles. The van der Waals surface area contributed by atoms with E-state index in [1.54, 1.807) is 38.5 Å². The first-order valence-corrected chi connectivity index (χ1v) is 13.9. The molecule has 7 heteroatoms. The van der Waals surface area contributed by atoms with Crippen molar-refractivity contribution < 1.29 is 14.3 Å². The van der Waals surface area contributed by atoms with Crippen LogP contribution in [0.1, 0.15) is 34.3 Å². The number of nitrogens with one attached hydrogen (secondary N) is 3. The molecule has 0 bridgehead atoms. The maximum atomic E-state index is 13.2. The van der Waals surface area contributed by atoms with Gasteiger partial charge in [0, 0.05) is 22.0 Å². The molecule has 0 saturated heterocycles. The average Bonchev–Trinajstić information content (AvgIpc) is 3.01. The van der Waals surface area contributed by atoms with Crippen LogP contribution in [0.3, 0.4) is 0 Å². The lowest BCUT2D eigenvalue weighted by Crippen LogP contribution is -2.18. The summed E-state index contributed by atoms with van der Waals surface area (Å²) in [5.41, 5.74) is 4.77. The molecule has 0 spiro atoms. The number of para-hydroxylation sites is 2. The molecule has 1 aromatic heterocycles. The lowest BCUT2D eigenvalue weighted by atomic mass is 10.1. The second-order valence-electron chi connectivity index (χ2n) is 10.0. The van der Waals surface area contributed by atoms with Gasteiger partial charge in [0.05, 0.1) is 25.3 Å². The standard InChI is InChI=1S/C34H35N3O4/c1-40-30-18-15-24(22-31(30)41-2)19-21-35-20-6-5-8-23-13-16-25(17-14-23)36-34(39)28-11-7-10-27-32(28)37-29-12-4-3-9-26(29)33(27)38/h3-4,7,9-18,22,35H,5-6,8,19-21H2,1-2H3,(H,36,39)(H,37,38). The van der Waals surface area contributed by atoms with Gasteiger partial charge in [0.1, 0.15) is 0 Å². The Kier molecular flexibility index (Phi) is 8.96. The van der Waals surface area contributed by atoms with Gasteiger partial charge in [-0.15, -0.1) is 0 Å². The van der Waals surface area contributed by atoms with Crippen molar-refractivity contribution in [3.8, 4) is 11.5 Å². The van der Waals surface area contributed by atoms with Crippen molar-refractivity contribution >= 4 is 33.4 Å². The zero-order valence-corrected chi connectivity index (χ0v) is 23.5. The molecule has 0 unspecified atom stereocenters. The Morgan fingerprint density at radius 1 is 0.756 bits per heavy atom. The quantitative estimate of drug-likeness (QED) is 0.129. The van der Waals surface area contributed by atoms with E-state index in [4.69, 9.17) is 9.47 Å². The number of aryl methyl sites for hydroxylation is 1. The van der Waals surface area contributed by atoms with Crippen LogP contribution in [-0.4, -0.2) is 38.2 Å². The molecule has 0 aliphatic heterocycles. The Morgan fingerprint density at radius 2 is 1.51 bits per heavy atom. The molecule has 0 fully saturated rings. The summed E-state index contributed by atoms with van der Waals surface area (Å²) in [6.45, 7) is 1.87. The SMILES string of the molecule is COc1ccc(CCNCCCCc2ccc(NC(=O)c3cccc4c(=O)c5ccccc5[nH]c34)cc2)cc1OC. The molecule has 41 heavy (non-hydrogen) atoms. The van der Waals surface area contributed by atoms with Crippen LogP contribution >= 0.6 is 0 Å². The van der Waals surface area contributed by atoms with Gasteiger partial charge in [-0.1, -0.05) is 36.4 Å². The highest BCUT2D eigenvalue weighted by Crippen LogP contribution is 2.27. The Hall–Kier alpha value is -4.62. The Labute approximate surface area is 239 Å². The fraction of sp³-hybridized carbons (Fsp3) is 0.235. The normalized spacial score (nSPS) is 11.1. The lowest BCUT2D eigenvalue weighted by Gasteiger charge is -2.10. The number of anilines is 1. The number of rotatable bonds is 12. The number of hydrogen-bond donors (Lipinski definition) is 3. The zero-order chi connectivity index (χ0) is 28.6. The van der Waals surface area contributed by atoms with Crippen LogP contribution in [0.5, 0.6) is 11.5 Å². The maximum absolute atomic E-state index is 13.2. The molecule has 210 valence electrons. The summed E-state index contributed by atoms with van der Waals surface area (Å²) in [5, 5.41) is 7.61. The molecule has 0 radical (unpaired) electrons. The van der Waals surface area contributed by atoms with Gasteiger partial charge in [0.15, 0.2) is 16.9 Å². The molecule has 7 nitrogen and oxygen atoms in total. The first kappa shape index (κ1) is 27.9. The minimum Gasteiger partial charge on any atom is -0.493 e. The van der Waals surface area contributed by atoms with Gasteiger partial charge in [-0.05, 0) is 98.4 Å². The molecule has 0 aliphatic rings. The summed E-state index contributed by atoms with van der Waals surface area (Å²) in [5.74, 6) is 1.25. The molecule has 0 aliphatic carbocycles. The van der Waals surface area contributed by atoms with E-state index in [2.05, 4.69) is 33.8 Å². The third-order valence-corrected chi connectivity index (χ3v) is 7.30. The van der Waals surface area contributed by atoms with Crippen LogP contribution in [-0.2, 0) is 12.8 Å². The van der Waals surface area contributed by atoms with Crippen molar-refractivity contribution in [3.63, 3.8) is 0 Å². The van der Waals surface area contributed by atoms with Crippen LogP contribution in [0, 0.1) is 0 Å². The highest BCUT2D eigenvalue weighted by atomic mass is 16.5. The number of fused-ring (bicyclic) bond motifs is 2. The van der Waals surface area contributed by atoms with Crippen molar-refractivity contribution in [3.05, 3.63) is 112 Å². The van der Waals surface area contributed by atoms with Crippen LogP contribution in [0.2, 0.25) is 0 Å².